The molecular formula is C25H35N5O. The quantitative estimate of drug-likeness (QED) is 0.430. The third-order valence-electron chi connectivity index (χ3n) is 5.55. The van der Waals surface area contributed by atoms with Crippen LogP contribution in [0.4, 0.5) is 0 Å². The molecule has 0 aliphatic carbocycles. The van der Waals surface area contributed by atoms with Gasteiger partial charge in [-0.1, -0.05) is 42.5 Å². The maximum atomic E-state index is 11.9. The molecule has 31 heavy (non-hydrogen) atoms. The van der Waals surface area contributed by atoms with Gasteiger partial charge in [-0.2, -0.15) is 0 Å². The number of nitrogens with one attached hydrogen (secondary N) is 3. The van der Waals surface area contributed by atoms with E-state index in [0.717, 1.165) is 37.7 Å². The van der Waals surface area contributed by atoms with Gasteiger partial charge in [0.25, 0.3) is 5.91 Å². The molecule has 1 aliphatic rings. The fourth-order valence-corrected chi connectivity index (χ4v) is 3.90. The summed E-state index contributed by atoms with van der Waals surface area (Å²) in [6.45, 7) is 9.05. The molecule has 2 aromatic rings. The highest BCUT2D eigenvalue weighted by molar-refractivity contribution is 5.94. The molecule has 1 amide bonds. The van der Waals surface area contributed by atoms with Crippen LogP contribution in [0.3, 0.4) is 0 Å². The van der Waals surface area contributed by atoms with Gasteiger partial charge in [-0.15, -0.1) is 0 Å². The van der Waals surface area contributed by atoms with Gasteiger partial charge in [-0.05, 0) is 56.5 Å². The fraction of sp³-hybridized carbons (Fsp3) is 0.440. The maximum Gasteiger partial charge on any atom is 0.251 e. The molecule has 1 fully saturated rings. The van der Waals surface area contributed by atoms with Crippen molar-refractivity contribution in [3.05, 3.63) is 71.3 Å². The zero-order valence-corrected chi connectivity index (χ0v) is 18.7. The number of carbonyl (C=O) groups excluding carboxylic acids is 1. The minimum absolute atomic E-state index is 0.0378. The third kappa shape index (κ3) is 7.10. The van der Waals surface area contributed by atoms with E-state index in [-0.39, 0.29) is 5.91 Å². The van der Waals surface area contributed by atoms with E-state index in [1.807, 2.05) is 31.2 Å². The van der Waals surface area contributed by atoms with Gasteiger partial charge in [0.2, 0.25) is 0 Å². The van der Waals surface area contributed by atoms with Crippen LogP contribution < -0.4 is 16.0 Å². The molecule has 0 spiro atoms. The topological polar surface area (TPSA) is 68.8 Å². The van der Waals surface area contributed by atoms with E-state index in [9.17, 15) is 4.79 Å². The van der Waals surface area contributed by atoms with Gasteiger partial charge in [0.15, 0.2) is 5.96 Å². The number of rotatable bonds is 9. The van der Waals surface area contributed by atoms with Crippen molar-refractivity contribution in [2.45, 2.75) is 45.8 Å². The molecule has 6 heteroatoms. The van der Waals surface area contributed by atoms with Crippen molar-refractivity contribution < 1.29 is 4.79 Å². The van der Waals surface area contributed by atoms with Crippen molar-refractivity contribution >= 4 is 11.9 Å². The number of likely N-dealkylation sites (tertiary alicyclic amines) is 1. The Kier molecular flexibility index (Phi) is 8.91. The minimum Gasteiger partial charge on any atom is -0.357 e. The van der Waals surface area contributed by atoms with Crippen molar-refractivity contribution in [3.63, 3.8) is 0 Å². The lowest BCUT2D eigenvalue weighted by Crippen LogP contribution is -2.44. The van der Waals surface area contributed by atoms with Crippen LogP contribution in [0.2, 0.25) is 0 Å². The van der Waals surface area contributed by atoms with Gasteiger partial charge in [0.05, 0.1) is 6.54 Å². The number of guanidine groups is 1. The molecule has 1 saturated heterocycles. The lowest BCUT2D eigenvalue weighted by atomic mass is 10.1. The Balaban J connectivity index is 1.54. The summed E-state index contributed by atoms with van der Waals surface area (Å²) in [4.78, 5) is 19.2. The first-order valence-electron chi connectivity index (χ1n) is 11.4. The number of carbonyl (C=O) groups is 1. The second-order valence-corrected chi connectivity index (χ2v) is 7.88. The van der Waals surface area contributed by atoms with Gasteiger partial charge < -0.3 is 16.0 Å². The Morgan fingerprint density at radius 1 is 0.968 bits per heavy atom. The predicted octanol–water partition coefficient (Wildman–Crippen LogP) is 3.16. The molecule has 0 radical (unpaired) electrons. The molecule has 1 atom stereocenters. The van der Waals surface area contributed by atoms with Crippen LogP contribution in [0, 0.1) is 0 Å². The number of amides is 1. The molecule has 1 aliphatic heterocycles. The van der Waals surface area contributed by atoms with Crippen LogP contribution in [0.5, 0.6) is 0 Å². The zero-order valence-electron chi connectivity index (χ0n) is 18.7. The van der Waals surface area contributed by atoms with Crippen molar-refractivity contribution in [2.75, 3.05) is 26.2 Å². The largest absolute Gasteiger partial charge is 0.357 e. The van der Waals surface area contributed by atoms with Crippen LogP contribution in [0.25, 0.3) is 0 Å². The van der Waals surface area contributed by atoms with Crippen LogP contribution in [0.15, 0.2) is 59.6 Å². The van der Waals surface area contributed by atoms with Crippen LogP contribution in [-0.2, 0) is 13.1 Å². The molecule has 3 rings (SSSR count). The normalized spacial score (nSPS) is 16.8. The Hall–Kier alpha value is -2.86. The number of hydrogen-bond acceptors (Lipinski definition) is 3. The van der Waals surface area contributed by atoms with Crippen LogP contribution in [-0.4, -0.2) is 49.0 Å². The molecule has 2 aromatic carbocycles. The number of nitrogens with zero attached hydrogens (tertiary/aromatic N) is 2. The Labute approximate surface area is 186 Å². The van der Waals surface area contributed by atoms with Gasteiger partial charge in [-0.25, -0.2) is 4.99 Å². The summed E-state index contributed by atoms with van der Waals surface area (Å²) in [6.07, 6.45) is 2.45. The van der Waals surface area contributed by atoms with E-state index >= 15 is 0 Å². The Morgan fingerprint density at radius 2 is 1.71 bits per heavy atom. The number of aliphatic imine (C=N–C) groups is 1. The number of benzene rings is 2. The first kappa shape index (κ1) is 22.8. The molecule has 0 saturated carbocycles. The monoisotopic (exact) mass is 421 g/mol. The molecule has 0 bridgehead atoms. The van der Waals surface area contributed by atoms with Crippen LogP contribution in [0.1, 0.15) is 48.2 Å². The summed E-state index contributed by atoms with van der Waals surface area (Å²) < 4.78 is 0. The summed E-state index contributed by atoms with van der Waals surface area (Å²) in [7, 11) is 0. The molecule has 1 unspecified atom stereocenters. The molecular weight excluding hydrogens is 386 g/mol. The Morgan fingerprint density at radius 3 is 2.42 bits per heavy atom. The van der Waals surface area contributed by atoms with Crippen molar-refractivity contribution in [2.24, 2.45) is 4.99 Å². The molecule has 3 N–H and O–H groups in total. The van der Waals surface area contributed by atoms with Gasteiger partial charge in [0.1, 0.15) is 0 Å². The molecule has 166 valence electrons. The molecule has 1 heterocycles. The smallest absolute Gasteiger partial charge is 0.251 e. The lowest BCUT2D eigenvalue weighted by Gasteiger charge is -2.25. The zero-order chi connectivity index (χ0) is 21.9. The summed E-state index contributed by atoms with van der Waals surface area (Å²) in [5.74, 6) is 0.797. The number of hydrogen-bond donors (Lipinski definition) is 3. The summed E-state index contributed by atoms with van der Waals surface area (Å²) in [6, 6.07) is 18.9. The van der Waals surface area contributed by atoms with E-state index in [1.165, 1.54) is 18.4 Å². The van der Waals surface area contributed by atoms with Gasteiger partial charge in [-0.3, -0.25) is 9.69 Å². The molecule has 6 nitrogen and oxygen atoms in total. The standard InChI is InChI=1S/C25H35N5O/c1-3-26-24(31)22-14-12-20(13-15-22)17-28-25(27-4-2)29-18-23-11-8-16-30(23)19-21-9-6-5-7-10-21/h5-7,9-10,12-15,23H,3-4,8,11,16-19H2,1-2H3,(H,26,31)(H2,27,28,29). The van der Waals surface area contributed by atoms with E-state index in [1.54, 1.807) is 0 Å². The second kappa shape index (κ2) is 12.1. The van der Waals surface area contributed by atoms with Crippen molar-refractivity contribution in [1.29, 1.82) is 0 Å². The van der Waals surface area contributed by atoms with Crippen LogP contribution >= 0.6 is 0 Å². The highest BCUT2D eigenvalue weighted by Crippen LogP contribution is 2.19. The summed E-state index contributed by atoms with van der Waals surface area (Å²) in [5.41, 5.74) is 3.13. The average Bonchev–Trinajstić information content (AvgIpc) is 3.23. The van der Waals surface area contributed by atoms with Gasteiger partial charge in [0, 0.05) is 37.8 Å². The fourth-order valence-electron chi connectivity index (χ4n) is 3.90. The predicted molar refractivity (Wildman–Crippen MR) is 127 cm³/mol. The first-order valence-corrected chi connectivity index (χ1v) is 11.4. The summed E-state index contributed by atoms with van der Waals surface area (Å²) >= 11 is 0. The highest BCUT2D eigenvalue weighted by atomic mass is 16.1. The molecule has 0 aromatic heterocycles. The SMILES string of the molecule is CCNC(=O)c1ccc(CN=C(NCC)NCC2CCCN2Cc2ccccc2)cc1. The first-order chi connectivity index (χ1) is 15.2. The van der Waals surface area contributed by atoms with Crippen molar-refractivity contribution in [1.82, 2.24) is 20.9 Å². The third-order valence-corrected chi connectivity index (χ3v) is 5.55. The Bertz CT molecular complexity index is 835. The maximum absolute atomic E-state index is 11.9. The minimum atomic E-state index is -0.0378. The second-order valence-electron chi connectivity index (χ2n) is 7.88. The van der Waals surface area contributed by atoms with E-state index in [4.69, 9.17) is 4.99 Å². The van der Waals surface area contributed by atoms with E-state index < -0.39 is 0 Å². The van der Waals surface area contributed by atoms with Gasteiger partial charge >= 0.3 is 0 Å². The lowest BCUT2D eigenvalue weighted by molar-refractivity contribution is 0.0956. The van der Waals surface area contributed by atoms with Crippen molar-refractivity contribution in [3.8, 4) is 0 Å². The van der Waals surface area contributed by atoms with E-state index in [0.29, 0.717) is 24.7 Å². The van der Waals surface area contributed by atoms with E-state index in [2.05, 4.69) is 58.1 Å². The summed E-state index contributed by atoms with van der Waals surface area (Å²) in [5, 5.41) is 9.69. The highest BCUT2D eigenvalue weighted by Gasteiger charge is 2.24. The average molecular weight is 422 g/mol.